The number of nitrogens with zero attached hydrogens (tertiary/aromatic N) is 2. The summed E-state index contributed by atoms with van der Waals surface area (Å²) in [4.78, 5) is -1.71. The van der Waals surface area contributed by atoms with Crippen molar-refractivity contribution < 1.29 is 0 Å². The molecule has 0 aliphatic rings. The summed E-state index contributed by atoms with van der Waals surface area (Å²) in [6.45, 7) is 0. The fraction of sp³-hybridized carbons (Fsp3) is 0.200. The van der Waals surface area contributed by atoms with Gasteiger partial charge in [-0.15, -0.1) is 11.6 Å². The zero-order valence-electron chi connectivity index (χ0n) is 7.11. The van der Waals surface area contributed by atoms with Crippen molar-refractivity contribution in [3.63, 3.8) is 0 Å². The van der Waals surface area contributed by atoms with Crippen LogP contribution in [0.2, 0.25) is 0 Å². The summed E-state index contributed by atoms with van der Waals surface area (Å²) in [7, 11) is 0. The van der Waals surface area contributed by atoms with Crippen LogP contribution in [0.1, 0.15) is 10.9 Å². The summed E-state index contributed by atoms with van der Waals surface area (Å²) in [5, 5.41) is 16.6. The van der Waals surface area contributed by atoms with Crippen LogP contribution in [0.3, 0.4) is 0 Å². The van der Waals surface area contributed by atoms with Gasteiger partial charge in [-0.25, -0.2) is 0 Å². The molecular weight excluding hydrogens is 219 g/mol. The normalized spacial score (nSPS) is 12.6. The third-order valence-electron chi connectivity index (χ3n) is 1.77. The molecule has 0 saturated heterocycles. The second-order valence-corrected chi connectivity index (χ2v) is 3.74. The van der Waals surface area contributed by atoms with Crippen LogP contribution < -0.4 is 0 Å². The SMILES string of the molecule is N#CC(Cl)(C#N)C(Cl)c1ccccc1. The molecular formula is C10H6Cl2N2. The summed E-state index contributed by atoms with van der Waals surface area (Å²) in [5.41, 5.74) is 0.660. The molecule has 0 radical (unpaired) electrons. The molecule has 1 atom stereocenters. The number of nitriles is 2. The van der Waals surface area contributed by atoms with Crippen LogP contribution in [-0.4, -0.2) is 4.87 Å². The Balaban J connectivity index is 3.04. The van der Waals surface area contributed by atoms with Gasteiger partial charge >= 0.3 is 0 Å². The Morgan fingerprint density at radius 2 is 1.64 bits per heavy atom. The fourth-order valence-electron chi connectivity index (χ4n) is 0.990. The average molecular weight is 225 g/mol. The quantitative estimate of drug-likeness (QED) is 0.726. The lowest BCUT2D eigenvalue weighted by Crippen LogP contribution is -2.22. The van der Waals surface area contributed by atoms with E-state index in [0.717, 1.165) is 0 Å². The molecule has 0 aliphatic heterocycles. The van der Waals surface area contributed by atoms with E-state index in [1.165, 1.54) is 0 Å². The summed E-state index contributed by atoms with van der Waals surface area (Å²) < 4.78 is 0. The number of halogens is 2. The van der Waals surface area contributed by atoms with Crippen LogP contribution in [0.25, 0.3) is 0 Å². The Bertz CT molecular complexity index is 375. The van der Waals surface area contributed by atoms with Gasteiger partial charge in [0.1, 0.15) is 17.5 Å². The molecule has 0 fully saturated rings. The molecule has 1 rings (SSSR count). The highest BCUT2D eigenvalue weighted by Gasteiger charge is 2.37. The van der Waals surface area contributed by atoms with Gasteiger partial charge in [-0.3, -0.25) is 0 Å². The summed E-state index contributed by atoms with van der Waals surface area (Å²) >= 11 is 11.7. The highest BCUT2D eigenvalue weighted by molar-refractivity contribution is 6.35. The first-order valence-electron chi connectivity index (χ1n) is 3.84. The molecule has 1 unspecified atom stereocenters. The maximum Gasteiger partial charge on any atom is 0.236 e. The minimum atomic E-state index is -1.71. The molecule has 1 aromatic rings. The van der Waals surface area contributed by atoms with Gasteiger partial charge in [0.15, 0.2) is 0 Å². The molecule has 0 aromatic heterocycles. The van der Waals surface area contributed by atoms with E-state index in [-0.39, 0.29) is 0 Å². The first-order chi connectivity index (χ1) is 6.64. The minimum absolute atomic E-state index is 0.660. The van der Waals surface area contributed by atoms with Crippen molar-refractivity contribution in [1.82, 2.24) is 0 Å². The molecule has 0 bridgehead atoms. The molecule has 2 nitrogen and oxygen atoms in total. The van der Waals surface area contributed by atoms with E-state index in [4.69, 9.17) is 33.7 Å². The Labute approximate surface area is 92.3 Å². The van der Waals surface area contributed by atoms with Crippen LogP contribution in [-0.2, 0) is 0 Å². The summed E-state index contributed by atoms with van der Waals surface area (Å²) in [5.74, 6) is 0. The smallest absolute Gasteiger partial charge is 0.195 e. The van der Waals surface area contributed by atoms with E-state index in [0.29, 0.717) is 5.56 Å². The second-order valence-electron chi connectivity index (χ2n) is 2.71. The zero-order chi connectivity index (χ0) is 10.6. The predicted octanol–water partition coefficient (Wildman–Crippen LogP) is 2.99. The third-order valence-corrected chi connectivity index (χ3v) is 2.85. The third kappa shape index (κ3) is 1.99. The molecule has 0 amide bonds. The van der Waals surface area contributed by atoms with E-state index in [1.807, 2.05) is 6.07 Å². The van der Waals surface area contributed by atoms with E-state index in [1.54, 1.807) is 36.4 Å². The van der Waals surface area contributed by atoms with Crippen molar-refractivity contribution in [3.8, 4) is 12.1 Å². The Morgan fingerprint density at radius 3 is 2.07 bits per heavy atom. The van der Waals surface area contributed by atoms with Crippen LogP contribution >= 0.6 is 23.2 Å². The van der Waals surface area contributed by atoms with Crippen LogP contribution in [0.4, 0.5) is 0 Å². The summed E-state index contributed by atoms with van der Waals surface area (Å²) in [6.07, 6.45) is 0. The number of hydrogen-bond acceptors (Lipinski definition) is 2. The van der Waals surface area contributed by atoms with Gasteiger partial charge in [-0.05, 0) is 5.56 Å². The number of rotatable bonds is 2. The Kier molecular flexibility index (Phi) is 3.36. The zero-order valence-corrected chi connectivity index (χ0v) is 8.63. The van der Waals surface area contributed by atoms with Gasteiger partial charge in [0, 0.05) is 0 Å². The van der Waals surface area contributed by atoms with Crippen molar-refractivity contribution in [3.05, 3.63) is 35.9 Å². The predicted molar refractivity (Wildman–Crippen MR) is 54.8 cm³/mol. The van der Waals surface area contributed by atoms with Gasteiger partial charge in [0.25, 0.3) is 0 Å². The maximum absolute atomic E-state index is 8.73. The van der Waals surface area contributed by atoms with Crippen molar-refractivity contribution in [2.75, 3.05) is 0 Å². The van der Waals surface area contributed by atoms with Gasteiger partial charge < -0.3 is 0 Å². The number of alkyl halides is 2. The standard InChI is InChI=1S/C10H6Cl2N2/c11-9(10(12,6-13)7-14)8-4-2-1-3-5-8/h1-5,9H. The molecule has 1 aromatic carbocycles. The number of benzene rings is 1. The molecule has 0 spiro atoms. The molecule has 14 heavy (non-hydrogen) atoms. The van der Waals surface area contributed by atoms with E-state index >= 15 is 0 Å². The molecule has 0 N–H and O–H groups in total. The molecule has 0 saturated carbocycles. The van der Waals surface area contributed by atoms with Crippen LogP contribution in [0, 0.1) is 22.7 Å². The van der Waals surface area contributed by atoms with Crippen molar-refractivity contribution in [2.45, 2.75) is 10.3 Å². The summed E-state index contributed by atoms with van der Waals surface area (Å²) in [6, 6.07) is 12.2. The topological polar surface area (TPSA) is 47.6 Å². The number of hydrogen-bond donors (Lipinski definition) is 0. The second kappa shape index (κ2) is 4.33. The van der Waals surface area contributed by atoms with Gasteiger partial charge in [-0.1, -0.05) is 41.9 Å². The lowest BCUT2D eigenvalue weighted by molar-refractivity contribution is 0.840. The van der Waals surface area contributed by atoms with E-state index in [9.17, 15) is 0 Å². The minimum Gasteiger partial charge on any atom is -0.195 e. The first-order valence-corrected chi connectivity index (χ1v) is 4.66. The van der Waals surface area contributed by atoms with Crippen molar-refractivity contribution in [1.29, 1.82) is 10.5 Å². The van der Waals surface area contributed by atoms with Crippen molar-refractivity contribution in [2.24, 2.45) is 0 Å². The van der Waals surface area contributed by atoms with Gasteiger partial charge in [-0.2, -0.15) is 10.5 Å². The Morgan fingerprint density at radius 1 is 1.14 bits per heavy atom. The van der Waals surface area contributed by atoms with E-state index < -0.39 is 10.3 Å². The maximum atomic E-state index is 8.73. The highest BCUT2D eigenvalue weighted by atomic mass is 35.5. The van der Waals surface area contributed by atoms with Crippen molar-refractivity contribution >= 4 is 23.2 Å². The average Bonchev–Trinajstić information content (AvgIpc) is 2.28. The van der Waals surface area contributed by atoms with Gasteiger partial charge in [0.2, 0.25) is 4.87 Å². The van der Waals surface area contributed by atoms with Gasteiger partial charge in [0.05, 0.1) is 0 Å². The lowest BCUT2D eigenvalue weighted by atomic mass is 10.0. The molecule has 0 aliphatic carbocycles. The van der Waals surface area contributed by atoms with Crippen LogP contribution in [0.15, 0.2) is 30.3 Å². The monoisotopic (exact) mass is 224 g/mol. The largest absolute Gasteiger partial charge is 0.236 e. The first kappa shape index (κ1) is 10.9. The van der Waals surface area contributed by atoms with Crippen LogP contribution in [0.5, 0.6) is 0 Å². The highest BCUT2D eigenvalue weighted by Crippen LogP contribution is 2.36. The lowest BCUT2D eigenvalue weighted by Gasteiger charge is -2.16. The van der Waals surface area contributed by atoms with E-state index in [2.05, 4.69) is 0 Å². The Hall–Kier alpha value is -1.22. The fourth-order valence-corrected chi connectivity index (χ4v) is 1.36. The molecule has 70 valence electrons. The molecule has 0 heterocycles. The molecule has 4 heteroatoms.